The van der Waals surface area contributed by atoms with Gasteiger partial charge in [0.05, 0.1) is 18.3 Å². The quantitative estimate of drug-likeness (QED) is 0.742. The number of ether oxygens (including phenoxy) is 1. The van der Waals surface area contributed by atoms with Crippen molar-refractivity contribution < 1.29 is 13.2 Å². The summed E-state index contributed by atoms with van der Waals surface area (Å²) < 4.78 is 33.3. The standard InChI is InChI=1S/C19H20N4O3S/c1-22-6-7-26-18-9-16(12-21-19(18)22)27(24,25)23-5-4-14-8-13(2-3-17(14)23)15-10-20-11-15/h2-5,8-9,12,15,20H,6-7,10-11H2,1H3. The first-order valence-corrected chi connectivity index (χ1v) is 10.4. The number of rotatable bonds is 3. The Morgan fingerprint density at radius 1 is 1.22 bits per heavy atom. The number of anilines is 1. The molecule has 1 N–H and O–H groups in total. The molecule has 1 fully saturated rings. The summed E-state index contributed by atoms with van der Waals surface area (Å²) >= 11 is 0. The number of pyridine rings is 1. The zero-order valence-corrected chi connectivity index (χ0v) is 15.7. The summed E-state index contributed by atoms with van der Waals surface area (Å²) in [4.78, 5) is 6.40. The van der Waals surface area contributed by atoms with Crippen LogP contribution in [0.3, 0.4) is 0 Å². The minimum Gasteiger partial charge on any atom is -0.488 e. The summed E-state index contributed by atoms with van der Waals surface area (Å²) in [5.41, 5.74) is 1.91. The highest BCUT2D eigenvalue weighted by Crippen LogP contribution is 2.32. The lowest BCUT2D eigenvalue weighted by atomic mass is 9.93. The summed E-state index contributed by atoms with van der Waals surface area (Å²) in [6.07, 6.45) is 3.01. The van der Waals surface area contributed by atoms with Crippen molar-refractivity contribution in [2.24, 2.45) is 0 Å². The van der Waals surface area contributed by atoms with Gasteiger partial charge in [-0.15, -0.1) is 0 Å². The molecule has 0 amide bonds. The van der Waals surface area contributed by atoms with Crippen molar-refractivity contribution in [3.05, 3.63) is 48.3 Å². The Bertz CT molecular complexity index is 1140. The molecular formula is C19H20N4O3S. The SMILES string of the molecule is CN1CCOc2cc(S(=O)(=O)n3ccc4cc(C5CNC5)ccc43)cnc21. The van der Waals surface area contributed by atoms with Crippen LogP contribution in [0.5, 0.6) is 5.75 Å². The number of aromatic nitrogens is 2. The van der Waals surface area contributed by atoms with Crippen LogP contribution < -0.4 is 15.0 Å². The highest BCUT2D eigenvalue weighted by Gasteiger charge is 2.25. The van der Waals surface area contributed by atoms with Crippen molar-refractivity contribution in [3.8, 4) is 5.75 Å². The lowest BCUT2D eigenvalue weighted by Crippen LogP contribution is -2.39. The van der Waals surface area contributed by atoms with Crippen molar-refractivity contribution in [1.82, 2.24) is 14.3 Å². The highest BCUT2D eigenvalue weighted by molar-refractivity contribution is 7.90. The predicted octanol–water partition coefficient (Wildman–Crippen LogP) is 1.79. The fourth-order valence-corrected chi connectivity index (χ4v) is 4.90. The Balaban J connectivity index is 1.57. The first-order chi connectivity index (χ1) is 13.0. The molecule has 1 saturated heterocycles. The number of hydrogen-bond donors (Lipinski definition) is 1. The second-order valence-electron chi connectivity index (χ2n) is 7.05. The third kappa shape index (κ3) is 2.59. The molecule has 27 heavy (non-hydrogen) atoms. The summed E-state index contributed by atoms with van der Waals surface area (Å²) in [5.74, 6) is 1.67. The van der Waals surface area contributed by atoms with Crippen LogP contribution in [-0.2, 0) is 10.0 Å². The molecule has 5 rings (SSSR count). The number of nitrogens with one attached hydrogen (secondary N) is 1. The molecule has 0 spiro atoms. The Morgan fingerprint density at radius 3 is 2.85 bits per heavy atom. The van der Waals surface area contributed by atoms with E-state index < -0.39 is 10.0 Å². The highest BCUT2D eigenvalue weighted by atomic mass is 32.2. The molecule has 2 aliphatic heterocycles. The van der Waals surface area contributed by atoms with Gasteiger partial charge in [0.1, 0.15) is 11.5 Å². The number of benzene rings is 1. The maximum Gasteiger partial charge on any atom is 0.269 e. The van der Waals surface area contributed by atoms with E-state index >= 15 is 0 Å². The largest absolute Gasteiger partial charge is 0.488 e. The lowest BCUT2D eigenvalue weighted by molar-refractivity contribution is 0.308. The minimum absolute atomic E-state index is 0.126. The average Bonchev–Trinajstić information content (AvgIpc) is 3.04. The Kier molecular flexibility index (Phi) is 3.66. The first-order valence-electron chi connectivity index (χ1n) is 8.95. The van der Waals surface area contributed by atoms with Gasteiger partial charge in [-0.3, -0.25) is 0 Å². The van der Waals surface area contributed by atoms with Crippen LogP contribution in [0.25, 0.3) is 10.9 Å². The van der Waals surface area contributed by atoms with Gasteiger partial charge in [0.2, 0.25) is 0 Å². The monoisotopic (exact) mass is 384 g/mol. The molecule has 7 nitrogen and oxygen atoms in total. The molecule has 0 atom stereocenters. The molecule has 1 aromatic carbocycles. The van der Waals surface area contributed by atoms with Crippen LogP contribution in [0.1, 0.15) is 11.5 Å². The van der Waals surface area contributed by atoms with E-state index in [9.17, 15) is 8.42 Å². The summed E-state index contributed by atoms with van der Waals surface area (Å²) in [6, 6.07) is 9.39. The Morgan fingerprint density at radius 2 is 2.07 bits per heavy atom. The number of fused-ring (bicyclic) bond motifs is 2. The van der Waals surface area contributed by atoms with Crippen LogP contribution >= 0.6 is 0 Å². The van der Waals surface area contributed by atoms with E-state index in [2.05, 4.69) is 16.4 Å². The number of likely N-dealkylation sites (N-methyl/N-ethyl adjacent to an activating group) is 1. The van der Waals surface area contributed by atoms with Crippen molar-refractivity contribution >= 4 is 26.7 Å². The molecule has 3 aromatic rings. The van der Waals surface area contributed by atoms with Crippen molar-refractivity contribution in [3.63, 3.8) is 0 Å². The van der Waals surface area contributed by atoms with Gasteiger partial charge in [-0.1, -0.05) is 6.07 Å². The number of hydrogen-bond acceptors (Lipinski definition) is 6. The lowest BCUT2D eigenvalue weighted by Gasteiger charge is -2.27. The van der Waals surface area contributed by atoms with E-state index in [1.165, 1.54) is 15.7 Å². The molecule has 0 saturated carbocycles. The van der Waals surface area contributed by atoms with E-state index in [4.69, 9.17) is 4.74 Å². The summed E-state index contributed by atoms with van der Waals surface area (Å²) in [7, 11) is -1.84. The van der Waals surface area contributed by atoms with Crippen LogP contribution in [0.2, 0.25) is 0 Å². The van der Waals surface area contributed by atoms with Crippen molar-refractivity contribution in [2.45, 2.75) is 10.8 Å². The van der Waals surface area contributed by atoms with Gasteiger partial charge in [0, 0.05) is 43.7 Å². The van der Waals surface area contributed by atoms with Gasteiger partial charge in [0.25, 0.3) is 10.0 Å². The maximum atomic E-state index is 13.2. The molecule has 140 valence electrons. The molecule has 0 bridgehead atoms. The smallest absolute Gasteiger partial charge is 0.269 e. The molecule has 2 aromatic heterocycles. The molecule has 0 unspecified atom stereocenters. The fourth-order valence-electron chi connectivity index (χ4n) is 3.59. The Hall–Kier alpha value is -2.58. The van der Waals surface area contributed by atoms with E-state index in [0.29, 0.717) is 29.6 Å². The van der Waals surface area contributed by atoms with E-state index in [-0.39, 0.29) is 4.90 Å². The van der Waals surface area contributed by atoms with Gasteiger partial charge in [-0.25, -0.2) is 17.4 Å². The topological polar surface area (TPSA) is 76.5 Å². The van der Waals surface area contributed by atoms with Crippen LogP contribution in [0.4, 0.5) is 5.82 Å². The van der Waals surface area contributed by atoms with E-state index in [0.717, 1.165) is 25.0 Å². The van der Waals surface area contributed by atoms with Crippen LogP contribution in [0, 0.1) is 0 Å². The zero-order valence-electron chi connectivity index (χ0n) is 14.9. The van der Waals surface area contributed by atoms with E-state index in [1.54, 1.807) is 12.3 Å². The molecular weight excluding hydrogens is 364 g/mol. The molecule has 2 aliphatic rings. The van der Waals surface area contributed by atoms with Gasteiger partial charge in [-0.2, -0.15) is 0 Å². The third-order valence-electron chi connectivity index (χ3n) is 5.34. The normalized spacial score (nSPS) is 17.4. The second-order valence-corrected chi connectivity index (χ2v) is 8.87. The molecule has 4 heterocycles. The van der Waals surface area contributed by atoms with Crippen molar-refractivity contribution in [1.29, 1.82) is 0 Å². The average molecular weight is 384 g/mol. The van der Waals surface area contributed by atoms with Gasteiger partial charge in [-0.05, 0) is 23.8 Å². The number of nitrogens with zero attached hydrogens (tertiary/aromatic N) is 3. The third-order valence-corrected chi connectivity index (χ3v) is 7.00. The van der Waals surface area contributed by atoms with E-state index in [1.807, 2.05) is 30.1 Å². The minimum atomic E-state index is -3.75. The molecule has 8 heteroatoms. The predicted molar refractivity (Wildman–Crippen MR) is 103 cm³/mol. The Labute approximate surface area is 157 Å². The van der Waals surface area contributed by atoms with Gasteiger partial charge >= 0.3 is 0 Å². The maximum absolute atomic E-state index is 13.2. The second kappa shape index (κ2) is 5.97. The van der Waals surface area contributed by atoms with Gasteiger partial charge < -0.3 is 15.0 Å². The van der Waals surface area contributed by atoms with Gasteiger partial charge in [0.15, 0.2) is 11.6 Å². The molecule has 0 radical (unpaired) electrons. The summed E-state index contributed by atoms with van der Waals surface area (Å²) in [6.45, 7) is 3.19. The summed E-state index contributed by atoms with van der Waals surface area (Å²) in [5, 5.41) is 4.18. The first kappa shape index (κ1) is 16.6. The van der Waals surface area contributed by atoms with Crippen molar-refractivity contribution in [2.75, 3.05) is 38.2 Å². The van der Waals surface area contributed by atoms with Crippen LogP contribution in [0.15, 0.2) is 47.6 Å². The molecule has 0 aliphatic carbocycles. The van der Waals surface area contributed by atoms with Crippen LogP contribution in [-0.4, -0.2) is 50.7 Å². The zero-order chi connectivity index (χ0) is 18.6. The fraction of sp³-hybridized carbons (Fsp3) is 0.316.